The molecule has 0 atom stereocenters. The molecule has 0 saturated heterocycles. The van der Waals surface area contributed by atoms with Gasteiger partial charge in [-0.05, 0) is 29.8 Å². The van der Waals surface area contributed by atoms with Crippen molar-refractivity contribution in [2.24, 2.45) is 4.99 Å². The number of benzene rings is 2. The van der Waals surface area contributed by atoms with Gasteiger partial charge in [0.05, 0.1) is 19.8 Å². The molecule has 8 heteroatoms. The summed E-state index contributed by atoms with van der Waals surface area (Å²) in [4.78, 5) is 4.10. The Hall–Kier alpha value is -2.90. The Kier molecular flexibility index (Phi) is 6.32. The monoisotopic (exact) mass is 367 g/mol. The van der Waals surface area contributed by atoms with E-state index in [1.807, 2.05) is 0 Å². The molecule has 0 bridgehead atoms. The molecule has 0 aliphatic heterocycles. The molecular formula is C18H20F3N3O2. The fourth-order valence-electron chi connectivity index (χ4n) is 2.23. The van der Waals surface area contributed by atoms with E-state index in [-0.39, 0.29) is 0 Å². The van der Waals surface area contributed by atoms with Crippen LogP contribution in [0.1, 0.15) is 11.1 Å². The fourth-order valence-corrected chi connectivity index (χ4v) is 2.23. The van der Waals surface area contributed by atoms with Crippen LogP contribution in [0, 0.1) is 0 Å². The smallest absolute Gasteiger partial charge is 0.416 e. The quantitative estimate of drug-likeness (QED) is 0.622. The van der Waals surface area contributed by atoms with Gasteiger partial charge in [-0.2, -0.15) is 13.2 Å². The third kappa shape index (κ3) is 5.05. The average Bonchev–Trinajstić information content (AvgIpc) is 2.64. The number of alkyl halides is 3. The fraction of sp³-hybridized carbons (Fsp3) is 0.278. The molecule has 140 valence electrons. The van der Waals surface area contributed by atoms with Crippen LogP contribution in [-0.4, -0.2) is 27.2 Å². The van der Waals surface area contributed by atoms with E-state index in [1.165, 1.54) is 12.1 Å². The number of nitrogens with zero attached hydrogens (tertiary/aromatic N) is 1. The molecule has 0 aromatic heterocycles. The van der Waals surface area contributed by atoms with Crippen LogP contribution < -0.4 is 20.1 Å². The van der Waals surface area contributed by atoms with E-state index in [9.17, 15) is 13.2 Å². The first kappa shape index (κ1) is 19.4. The summed E-state index contributed by atoms with van der Waals surface area (Å²) in [5, 5.41) is 6.13. The molecule has 0 amide bonds. The summed E-state index contributed by atoms with van der Waals surface area (Å²) >= 11 is 0. The molecule has 0 unspecified atom stereocenters. The minimum absolute atomic E-state index is 0.325. The highest BCUT2D eigenvalue weighted by molar-refractivity contribution is 5.93. The summed E-state index contributed by atoms with van der Waals surface area (Å²) in [6.45, 7) is 0.325. The van der Waals surface area contributed by atoms with Crippen molar-refractivity contribution in [1.82, 2.24) is 5.32 Å². The number of hydrogen-bond donors (Lipinski definition) is 2. The molecular weight excluding hydrogens is 347 g/mol. The van der Waals surface area contributed by atoms with Crippen molar-refractivity contribution in [3.8, 4) is 11.5 Å². The molecule has 0 radical (unpaired) electrons. The Labute approximate surface area is 149 Å². The topological polar surface area (TPSA) is 54.9 Å². The zero-order valence-corrected chi connectivity index (χ0v) is 14.6. The number of halogens is 3. The van der Waals surface area contributed by atoms with E-state index < -0.39 is 11.7 Å². The Bertz CT molecular complexity index is 759. The Morgan fingerprint density at radius 1 is 1.00 bits per heavy atom. The van der Waals surface area contributed by atoms with Gasteiger partial charge in [-0.1, -0.05) is 12.1 Å². The summed E-state index contributed by atoms with van der Waals surface area (Å²) in [6, 6.07) is 10.3. The van der Waals surface area contributed by atoms with Crippen LogP contribution in [0.5, 0.6) is 11.5 Å². The molecule has 0 spiro atoms. The summed E-state index contributed by atoms with van der Waals surface area (Å²) in [5.41, 5.74) is 0.755. The van der Waals surface area contributed by atoms with Gasteiger partial charge in [-0.25, -0.2) is 0 Å². The molecule has 2 N–H and O–H groups in total. The van der Waals surface area contributed by atoms with Crippen LogP contribution >= 0.6 is 0 Å². The number of hydrogen-bond acceptors (Lipinski definition) is 3. The van der Waals surface area contributed by atoms with Crippen LogP contribution in [-0.2, 0) is 12.7 Å². The SMILES string of the molecule is CN=C(NCc1ccc(C(F)(F)F)cc1)Nc1ccc(OC)c(OC)c1. The van der Waals surface area contributed by atoms with E-state index in [4.69, 9.17) is 9.47 Å². The van der Waals surface area contributed by atoms with Gasteiger partial charge in [-0.3, -0.25) is 4.99 Å². The number of ether oxygens (including phenoxy) is 2. The molecule has 0 saturated carbocycles. The van der Waals surface area contributed by atoms with Crippen LogP contribution in [0.2, 0.25) is 0 Å². The van der Waals surface area contributed by atoms with Crippen molar-refractivity contribution < 1.29 is 22.6 Å². The first-order valence-electron chi connectivity index (χ1n) is 7.73. The highest BCUT2D eigenvalue weighted by atomic mass is 19.4. The summed E-state index contributed by atoms with van der Waals surface area (Å²) < 4.78 is 48.2. The molecule has 26 heavy (non-hydrogen) atoms. The van der Waals surface area contributed by atoms with Gasteiger partial charge in [0.15, 0.2) is 17.5 Å². The Balaban J connectivity index is 2.00. The lowest BCUT2D eigenvalue weighted by molar-refractivity contribution is -0.137. The summed E-state index contributed by atoms with van der Waals surface area (Å²) in [6.07, 6.45) is -4.34. The van der Waals surface area contributed by atoms with Crippen LogP contribution in [0.25, 0.3) is 0 Å². The zero-order valence-electron chi connectivity index (χ0n) is 14.6. The first-order chi connectivity index (χ1) is 12.4. The maximum Gasteiger partial charge on any atom is 0.416 e. The van der Waals surface area contributed by atoms with Crippen LogP contribution in [0.15, 0.2) is 47.5 Å². The predicted molar refractivity (Wildman–Crippen MR) is 94.8 cm³/mol. The molecule has 0 heterocycles. The lowest BCUT2D eigenvalue weighted by Crippen LogP contribution is -2.30. The van der Waals surface area contributed by atoms with Crippen molar-refractivity contribution >= 4 is 11.6 Å². The van der Waals surface area contributed by atoms with Crippen molar-refractivity contribution in [2.75, 3.05) is 26.6 Å². The summed E-state index contributed by atoms with van der Waals surface area (Å²) in [5.74, 6) is 1.64. The second kappa shape index (κ2) is 8.46. The van der Waals surface area contributed by atoms with Gasteiger partial charge in [0.2, 0.25) is 0 Å². The molecule has 5 nitrogen and oxygen atoms in total. The highest BCUT2D eigenvalue weighted by Crippen LogP contribution is 2.30. The number of anilines is 1. The number of guanidine groups is 1. The third-order valence-corrected chi connectivity index (χ3v) is 3.61. The summed E-state index contributed by atoms with van der Waals surface area (Å²) in [7, 11) is 4.69. The average molecular weight is 367 g/mol. The number of aliphatic imine (C=N–C) groups is 1. The number of rotatable bonds is 5. The van der Waals surface area contributed by atoms with E-state index in [2.05, 4.69) is 15.6 Å². The Morgan fingerprint density at radius 2 is 1.65 bits per heavy atom. The van der Waals surface area contributed by atoms with Gasteiger partial charge in [0.1, 0.15) is 0 Å². The van der Waals surface area contributed by atoms with Gasteiger partial charge >= 0.3 is 6.18 Å². The minimum atomic E-state index is -4.34. The van der Waals surface area contributed by atoms with Gasteiger partial charge in [0, 0.05) is 25.3 Å². The predicted octanol–water partition coefficient (Wildman–Crippen LogP) is 3.91. The van der Waals surface area contributed by atoms with E-state index in [0.717, 1.165) is 17.8 Å². The van der Waals surface area contributed by atoms with Gasteiger partial charge in [0.25, 0.3) is 0 Å². The Morgan fingerprint density at radius 3 is 2.19 bits per heavy atom. The van der Waals surface area contributed by atoms with Gasteiger partial charge in [-0.15, -0.1) is 0 Å². The van der Waals surface area contributed by atoms with E-state index >= 15 is 0 Å². The van der Waals surface area contributed by atoms with Crippen molar-refractivity contribution in [3.05, 3.63) is 53.6 Å². The first-order valence-corrected chi connectivity index (χ1v) is 7.73. The molecule has 0 fully saturated rings. The largest absolute Gasteiger partial charge is 0.493 e. The van der Waals surface area contributed by atoms with E-state index in [1.54, 1.807) is 39.5 Å². The van der Waals surface area contributed by atoms with Gasteiger partial charge < -0.3 is 20.1 Å². The highest BCUT2D eigenvalue weighted by Gasteiger charge is 2.29. The zero-order chi connectivity index (χ0) is 19.2. The second-order valence-electron chi connectivity index (χ2n) is 5.32. The lowest BCUT2D eigenvalue weighted by atomic mass is 10.1. The molecule has 2 rings (SSSR count). The standard InChI is InChI=1S/C18H20F3N3O2/c1-22-17(24-14-8-9-15(25-2)16(10-14)26-3)23-11-12-4-6-13(7-5-12)18(19,20)21/h4-10H,11H2,1-3H3,(H2,22,23,24). The van der Waals surface area contributed by atoms with Crippen molar-refractivity contribution in [2.45, 2.75) is 12.7 Å². The normalized spacial score (nSPS) is 11.8. The third-order valence-electron chi connectivity index (χ3n) is 3.61. The van der Waals surface area contributed by atoms with Crippen molar-refractivity contribution in [1.29, 1.82) is 0 Å². The van der Waals surface area contributed by atoms with Crippen LogP contribution in [0.4, 0.5) is 18.9 Å². The molecule has 2 aromatic carbocycles. The van der Waals surface area contributed by atoms with E-state index in [0.29, 0.717) is 29.6 Å². The maximum atomic E-state index is 12.6. The maximum absolute atomic E-state index is 12.6. The molecule has 0 aliphatic rings. The van der Waals surface area contributed by atoms with Crippen LogP contribution in [0.3, 0.4) is 0 Å². The second-order valence-corrected chi connectivity index (χ2v) is 5.32. The van der Waals surface area contributed by atoms with Crippen molar-refractivity contribution in [3.63, 3.8) is 0 Å². The lowest BCUT2D eigenvalue weighted by Gasteiger charge is -2.14. The molecule has 2 aromatic rings. The number of methoxy groups -OCH3 is 2. The number of nitrogens with one attached hydrogen (secondary N) is 2. The minimum Gasteiger partial charge on any atom is -0.493 e. The molecule has 0 aliphatic carbocycles.